The topological polar surface area (TPSA) is 84.9 Å². The molecule has 2 aromatic carbocycles. The molecule has 0 aromatic heterocycles. The van der Waals surface area contributed by atoms with Gasteiger partial charge < -0.3 is 14.8 Å². The summed E-state index contributed by atoms with van der Waals surface area (Å²) in [5.41, 5.74) is 0.941. The minimum absolute atomic E-state index is 0.0507. The first-order valence-electron chi connectivity index (χ1n) is 9.67. The molecule has 10 heteroatoms. The second kappa shape index (κ2) is 11.6. The quantitative estimate of drug-likeness (QED) is 0.482. The van der Waals surface area contributed by atoms with Crippen LogP contribution in [0.5, 0.6) is 5.75 Å². The number of sulfonamides is 1. The molecule has 0 heterocycles. The molecule has 0 aliphatic carbocycles. The second-order valence-corrected chi connectivity index (χ2v) is 9.31. The first kappa shape index (κ1) is 25.3. The molecule has 170 valence electrons. The van der Waals surface area contributed by atoms with E-state index in [0.717, 1.165) is 9.87 Å². The second-order valence-electron chi connectivity index (χ2n) is 6.66. The van der Waals surface area contributed by atoms with Gasteiger partial charge in [-0.2, -0.15) is 0 Å². The van der Waals surface area contributed by atoms with E-state index in [9.17, 15) is 13.2 Å². The Hall–Kier alpha value is -2.00. The number of aryl methyl sites for hydroxylation is 1. The fourth-order valence-electron chi connectivity index (χ4n) is 2.79. The van der Waals surface area contributed by atoms with Gasteiger partial charge in [0.05, 0.1) is 22.8 Å². The van der Waals surface area contributed by atoms with Crippen molar-refractivity contribution in [3.63, 3.8) is 0 Å². The van der Waals surface area contributed by atoms with Crippen LogP contribution in [0.15, 0.2) is 41.3 Å². The maximum absolute atomic E-state index is 13.6. The summed E-state index contributed by atoms with van der Waals surface area (Å²) in [6, 6.07) is 9.20. The van der Waals surface area contributed by atoms with Crippen molar-refractivity contribution < 1.29 is 22.7 Å². The minimum atomic E-state index is -4.16. The molecule has 0 spiro atoms. The molecule has 31 heavy (non-hydrogen) atoms. The molecule has 0 radical (unpaired) electrons. The van der Waals surface area contributed by atoms with E-state index in [1.54, 1.807) is 19.1 Å². The zero-order chi connectivity index (χ0) is 23.0. The number of anilines is 1. The number of ether oxygens (including phenoxy) is 2. The maximum Gasteiger partial charge on any atom is 0.268 e. The Morgan fingerprint density at radius 1 is 1.13 bits per heavy atom. The number of rotatable bonds is 11. The molecular weight excluding hydrogens is 463 g/mol. The molecule has 0 bridgehead atoms. The van der Waals surface area contributed by atoms with Crippen molar-refractivity contribution in [1.82, 2.24) is 5.32 Å². The SMILES string of the molecule is CCOCCCNC(=O)CN(c1ccc(Cl)c(Cl)c1)S(=O)(=O)c1cc(C)ccc1OC. The number of methoxy groups -OCH3 is 1. The third-order valence-corrected chi connectivity index (χ3v) is 6.89. The van der Waals surface area contributed by atoms with E-state index in [0.29, 0.717) is 26.2 Å². The highest BCUT2D eigenvalue weighted by Gasteiger charge is 2.30. The molecule has 0 saturated carbocycles. The molecule has 0 aliphatic heterocycles. The van der Waals surface area contributed by atoms with Crippen LogP contribution < -0.4 is 14.4 Å². The number of nitrogens with zero attached hydrogens (tertiary/aromatic N) is 1. The highest BCUT2D eigenvalue weighted by atomic mass is 35.5. The number of amides is 1. The van der Waals surface area contributed by atoms with Crippen molar-refractivity contribution in [2.45, 2.75) is 25.2 Å². The van der Waals surface area contributed by atoms with Crippen LogP contribution in [-0.4, -0.2) is 47.7 Å². The van der Waals surface area contributed by atoms with Crippen molar-refractivity contribution >= 4 is 44.8 Å². The van der Waals surface area contributed by atoms with E-state index in [1.807, 2.05) is 6.92 Å². The van der Waals surface area contributed by atoms with Gasteiger partial charge >= 0.3 is 0 Å². The molecular formula is C21H26Cl2N2O5S. The lowest BCUT2D eigenvalue weighted by atomic mass is 10.2. The summed E-state index contributed by atoms with van der Waals surface area (Å²) in [6.45, 7) is 4.68. The number of hydrogen-bond donors (Lipinski definition) is 1. The van der Waals surface area contributed by atoms with Crippen LogP contribution in [-0.2, 0) is 19.6 Å². The van der Waals surface area contributed by atoms with E-state index >= 15 is 0 Å². The van der Waals surface area contributed by atoms with Gasteiger partial charge in [-0.05, 0) is 56.2 Å². The van der Waals surface area contributed by atoms with E-state index in [4.69, 9.17) is 32.7 Å². The number of carbonyl (C=O) groups excluding carboxylic acids is 1. The van der Waals surface area contributed by atoms with Crippen LogP contribution >= 0.6 is 23.2 Å². The Balaban J connectivity index is 2.39. The predicted molar refractivity (Wildman–Crippen MR) is 123 cm³/mol. The zero-order valence-electron chi connectivity index (χ0n) is 17.7. The van der Waals surface area contributed by atoms with Crippen LogP contribution in [0, 0.1) is 6.92 Å². The number of nitrogens with one attached hydrogen (secondary N) is 1. The number of halogens is 2. The highest BCUT2D eigenvalue weighted by molar-refractivity contribution is 7.93. The normalized spacial score (nSPS) is 11.3. The van der Waals surface area contributed by atoms with Gasteiger partial charge in [-0.3, -0.25) is 9.10 Å². The highest BCUT2D eigenvalue weighted by Crippen LogP contribution is 2.33. The first-order chi connectivity index (χ1) is 14.7. The van der Waals surface area contributed by atoms with Crippen molar-refractivity contribution in [2.24, 2.45) is 0 Å². The van der Waals surface area contributed by atoms with Crippen LogP contribution in [0.2, 0.25) is 10.0 Å². The van der Waals surface area contributed by atoms with E-state index < -0.39 is 22.5 Å². The van der Waals surface area contributed by atoms with Crippen LogP contribution in [0.1, 0.15) is 18.9 Å². The smallest absolute Gasteiger partial charge is 0.268 e. The third kappa shape index (κ3) is 6.74. The fourth-order valence-corrected chi connectivity index (χ4v) is 4.74. The van der Waals surface area contributed by atoms with Crippen molar-refractivity contribution in [1.29, 1.82) is 0 Å². The molecule has 0 unspecified atom stereocenters. The number of hydrogen-bond acceptors (Lipinski definition) is 5. The molecule has 7 nitrogen and oxygen atoms in total. The number of carbonyl (C=O) groups is 1. The summed E-state index contributed by atoms with van der Waals surface area (Å²) in [5.74, 6) is -0.287. The monoisotopic (exact) mass is 488 g/mol. The van der Waals surface area contributed by atoms with Gasteiger partial charge in [0.1, 0.15) is 17.2 Å². The molecule has 2 rings (SSSR count). The number of benzene rings is 2. The van der Waals surface area contributed by atoms with Crippen molar-refractivity contribution in [2.75, 3.05) is 37.7 Å². The predicted octanol–water partition coefficient (Wildman–Crippen LogP) is 4.05. The summed E-state index contributed by atoms with van der Waals surface area (Å²) in [4.78, 5) is 12.5. The average Bonchev–Trinajstić information content (AvgIpc) is 2.73. The van der Waals surface area contributed by atoms with Gasteiger partial charge in [-0.1, -0.05) is 29.3 Å². The Bertz CT molecular complexity index is 1010. The Morgan fingerprint density at radius 2 is 1.87 bits per heavy atom. The third-order valence-electron chi connectivity index (χ3n) is 4.36. The summed E-state index contributed by atoms with van der Waals surface area (Å²) < 4.78 is 38.6. The first-order valence-corrected chi connectivity index (χ1v) is 11.9. The van der Waals surface area contributed by atoms with Crippen LogP contribution in [0.25, 0.3) is 0 Å². The van der Waals surface area contributed by atoms with Gasteiger partial charge in [0.2, 0.25) is 5.91 Å². The summed E-state index contributed by atoms with van der Waals surface area (Å²) in [6.07, 6.45) is 0.616. The van der Waals surface area contributed by atoms with Gasteiger partial charge in [-0.25, -0.2) is 8.42 Å². The largest absolute Gasteiger partial charge is 0.495 e. The van der Waals surface area contributed by atoms with Crippen LogP contribution in [0.3, 0.4) is 0 Å². The standard InChI is InChI=1S/C21H26Cl2N2O5S/c1-4-30-11-5-10-24-21(26)14-25(16-7-8-17(22)18(23)13-16)31(27,28)20-12-15(2)6-9-19(20)29-3/h6-9,12-13H,4-5,10-11,14H2,1-3H3,(H,24,26). The Kier molecular flexibility index (Phi) is 9.43. The Labute approximate surface area is 193 Å². The lowest BCUT2D eigenvalue weighted by Crippen LogP contribution is -2.41. The van der Waals surface area contributed by atoms with E-state index in [-0.39, 0.29) is 26.4 Å². The molecule has 0 atom stereocenters. The molecule has 2 aromatic rings. The Morgan fingerprint density at radius 3 is 2.52 bits per heavy atom. The van der Waals surface area contributed by atoms with Crippen molar-refractivity contribution in [3.8, 4) is 5.75 Å². The molecule has 1 amide bonds. The van der Waals surface area contributed by atoms with Gasteiger partial charge in [0, 0.05) is 19.8 Å². The minimum Gasteiger partial charge on any atom is -0.495 e. The lowest BCUT2D eigenvalue weighted by molar-refractivity contribution is -0.119. The van der Waals surface area contributed by atoms with Gasteiger partial charge in [0.25, 0.3) is 10.0 Å². The van der Waals surface area contributed by atoms with Gasteiger partial charge in [0.15, 0.2) is 0 Å². The maximum atomic E-state index is 13.6. The van der Waals surface area contributed by atoms with Crippen molar-refractivity contribution in [3.05, 3.63) is 52.0 Å². The zero-order valence-corrected chi connectivity index (χ0v) is 20.0. The summed E-state index contributed by atoms with van der Waals surface area (Å²) in [7, 11) is -2.78. The fraction of sp³-hybridized carbons (Fsp3) is 0.381. The van der Waals surface area contributed by atoms with E-state index in [2.05, 4.69) is 5.32 Å². The summed E-state index contributed by atoms with van der Waals surface area (Å²) >= 11 is 12.1. The molecule has 0 aliphatic rings. The van der Waals surface area contributed by atoms with Gasteiger partial charge in [-0.15, -0.1) is 0 Å². The molecule has 0 saturated heterocycles. The molecule has 0 fully saturated rings. The van der Waals surface area contributed by atoms with Crippen LogP contribution in [0.4, 0.5) is 5.69 Å². The summed E-state index contributed by atoms with van der Waals surface area (Å²) in [5, 5.41) is 3.16. The lowest BCUT2D eigenvalue weighted by Gasteiger charge is -2.25. The average molecular weight is 489 g/mol. The molecule has 1 N–H and O–H groups in total. The van der Waals surface area contributed by atoms with E-state index in [1.165, 1.54) is 31.4 Å².